The lowest BCUT2D eigenvalue weighted by molar-refractivity contribution is -0.137. The van der Waals surface area contributed by atoms with E-state index in [1.807, 2.05) is 27.0 Å². The average Bonchev–Trinajstić information content (AvgIpc) is 2.76. The van der Waals surface area contributed by atoms with Gasteiger partial charge in [-0.25, -0.2) is 4.79 Å². The van der Waals surface area contributed by atoms with Gasteiger partial charge in [0.05, 0.1) is 12.2 Å². The van der Waals surface area contributed by atoms with Gasteiger partial charge in [0.25, 0.3) is 0 Å². The van der Waals surface area contributed by atoms with Gasteiger partial charge in [0.2, 0.25) is 0 Å². The molecule has 0 bridgehead atoms. The molecule has 1 heterocycles. The molecule has 0 saturated heterocycles. The van der Waals surface area contributed by atoms with E-state index in [2.05, 4.69) is 10.4 Å². The number of nitrogens with one attached hydrogen (secondary N) is 1. The van der Waals surface area contributed by atoms with Crippen LogP contribution in [0.15, 0.2) is 12.3 Å². The second-order valence-corrected chi connectivity index (χ2v) is 4.89. The standard InChI is InChI=1S/C13H22N4O3/c1-10(2)17(8-4-5-12(18)19)13(20)14-9-11-6-7-15-16(11)3/h6-7,10H,4-5,8-9H2,1-3H3,(H,14,20)(H,18,19). The number of amides is 2. The van der Waals surface area contributed by atoms with E-state index in [1.54, 1.807) is 15.8 Å². The van der Waals surface area contributed by atoms with Gasteiger partial charge in [0.1, 0.15) is 0 Å². The zero-order valence-electron chi connectivity index (χ0n) is 12.2. The minimum absolute atomic E-state index is 0.0235. The molecule has 0 saturated carbocycles. The predicted octanol–water partition coefficient (Wildman–Crippen LogP) is 1.20. The summed E-state index contributed by atoms with van der Waals surface area (Å²) in [5.74, 6) is -0.844. The van der Waals surface area contributed by atoms with E-state index < -0.39 is 5.97 Å². The Morgan fingerprint density at radius 2 is 2.20 bits per heavy atom. The fourth-order valence-corrected chi connectivity index (χ4v) is 1.84. The van der Waals surface area contributed by atoms with Crippen LogP contribution >= 0.6 is 0 Å². The van der Waals surface area contributed by atoms with Crippen molar-refractivity contribution in [3.63, 3.8) is 0 Å². The van der Waals surface area contributed by atoms with Gasteiger partial charge < -0.3 is 15.3 Å². The number of nitrogens with zero attached hydrogens (tertiary/aromatic N) is 3. The Kier molecular flexibility index (Phi) is 6.02. The topological polar surface area (TPSA) is 87.5 Å². The van der Waals surface area contributed by atoms with Crippen molar-refractivity contribution in [2.75, 3.05) is 6.54 Å². The van der Waals surface area contributed by atoms with Crippen molar-refractivity contribution in [3.8, 4) is 0 Å². The lowest BCUT2D eigenvalue weighted by Gasteiger charge is -2.26. The number of carboxylic acid groups (broad SMARTS) is 1. The Morgan fingerprint density at radius 3 is 2.70 bits per heavy atom. The second kappa shape index (κ2) is 7.52. The largest absolute Gasteiger partial charge is 0.481 e. The minimum Gasteiger partial charge on any atom is -0.481 e. The number of aryl methyl sites for hydroxylation is 1. The number of hydrogen-bond acceptors (Lipinski definition) is 3. The van der Waals surface area contributed by atoms with E-state index in [1.165, 1.54) is 0 Å². The number of urea groups is 1. The molecule has 0 radical (unpaired) electrons. The summed E-state index contributed by atoms with van der Waals surface area (Å²) in [5, 5.41) is 15.5. The molecular formula is C13H22N4O3. The number of carboxylic acids is 1. The highest BCUT2D eigenvalue weighted by Gasteiger charge is 2.17. The highest BCUT2D eigenvalue weighted by atomic mass is 16.4. The van der Waals surface area contributed by atoms with Crippen LogP contribution in [0.1, 0.15) is 32.4 Å². The van der Waals surface area contributed by atoms with E-state index in [0.717, 1.165) is 5.69 Å². The fourth-order valence-electron chi connectivity index (χ4n) is 1.84. The van der Waals surface area contributed by atoms with Gasteiger partial charge in [0, 0.05) is 32.3 Å². The first-order valence-corrected chi connectivity index (χ1v) is 6.65. The molecule has 0 unspecified atom stereocenters. The van der Waals surface area contributed by atoms with E-state index >= 15 is 0 Å². The molecule has 0 aliphatic rings. The van der Waals surface area contributed by atoms with Crippen molar-refractivity contribution in [1.82, 2.24) is 20.0 Å². The molecule has 0 aliphatic carbocycles. The van der Waals surface area contributed by atoms with Gasteiger partial charge in [0.15, 0.2) is 0 Å². The molecule has 0 aliphatic heterocycles. The Morgan fingerprint density at radius 1 is 1.50 bits per heavy atom. The van der Waals surface area contributed by atoms with E-state index in [9.17, 15) is 9.59 Å². The lowest BCUT2D eigenvalue weighted by Crippen LogP contribution is -2.44. The van der Waals surface area contributed by atoms with Gasteiger partial charge in [-0.1, -0.05) is 0 Å². The van der Waals surface area contributed by atoms with Crippen molar-refractivity contribution >= 4 is 12.0 Å². The van der Waals surface area contributed by atoms with Crippen molar-refractivity contribution in [3.05, 3.63) is 18.0 Å². The summed E-state index contributed by atoms with van der Waals surface area (Å²) in [7, 11) is 1.81. The summed E-state index contributed by atoms with van der Waals surface area (Å²) >= 11 is 0. The van der Waals surface area contributed by atoms with E-state index in [4.69, 9.17) is 5.11 Å². The van der Waals surface area contributed by atoms with Crippen molar-refractivity contribution in [2.24, 2.45) is 7.05 Å². The molecule has 2 amide bonds. The predicted molar refractivity (Wildman–Crippen MR) is 74.2 cm³/mol. The number of aromatic nitrogens is 2. The molecule has 20 heavy (non-hydrogen) atoms. The number of hydrogen-bond donors (Lipinski definition) is 2. The number of carbonyl (C=O) groups excluding carboxylic acids is 1. The summed E-state index contributed by atoms with van der Waals surface area (Å²) in [6.45, 7) is 4.65. The quantitative estimate of drug-likeness (QED) is 0.786. The van der Waals surface area contributed by atoms with Crippen LogP contribution in [-0.4, -0.2) is 44.4 Å². The maximum atomic E-state index is 12.1. The number of carbonyl (C=O) groups is 2. The molecule has 7 heteroatoms. The molecule has 112 valence electrons. The highest BCUT2D eigenvalue weighted by molar-refractivity contribution is 5.74. The highest BCUT2D eigenvalue weighted by Crippen LogP contribution is 2.04. The van der Waals surface area contributed by atoms with E-state index in [0.29, 0.717) is 19.5 Å². The summed E-state index contributed by atoms with van der Waals surface area (Å²) in [4.78, 5) is 24.3. The molecule has 0 aromatic carbocycles. The molecule has 0 spiro atoms. The minimum atomic E-state index is -0.844. The lowest BCUT2D eigenvalue weighted by atomic mass is 10.2. The van der Waals surface area contributed by atoms with Crippen LogP contribution < -0.4 is 5.32 Å². The van der Waals surface area contributed by atoms with Gasteiger partial charge >= 0.3 is 12.0 Å². The van der Waals surface area contributed by atoms with Crippen LogP contribution in [-0.2, 0) is 18.4 Å². The zero-order valence-corrected chi connectivity index (χ0v) is 12.2. The number of rotatable bonds is 7. The van der Waals surface area contributed by atoms with Crippen LogP contribution in [0.2, 0.25) is 0 Å². The van der Waals surface area contributed by atoms with Crippen LogP contribution in [0.3, 0.4) is 0 Å². The molecular weight excluding hydrogens is 260 g/mol. The summed E-state index contributed by atoms with van der Waals surface area (Å²) in [6.07, 6.45) is 2.19. The molecule has 1 aromatic rings. The van der Waals surface area contributed by atoms with Crippen molar-refractivity contribution in [2.45, 2.75) is 39.3 Å². The Balaban J connectivity index is 2.47. The first kappa shape index (κ1) is 16.0. The van der Waals surface area contributed by atoms with Crippen molar-refractivity contribution in [1.29, 1.82) is 0 Å². The van der Waals surface area contributed by atoms with Gasteiger partial charge in [-0.15, -0.1) is 0 Å². The monoisotopic (exact) mass is 282 g/mol. The maximum absolute atomic E-state index is 12.1. The Hall–Kier alpha value is -2.05. The molecule has 7 nitrogen and oxygen atoms in total. The summed E-state index contributed by atoms with van der Waals surface area (Å²) in [6, 6.07) is 1.67. The van der Waals surface area contributed by atoms with Crippen molar-refractivity contribution < 1.29 is 14.7 Å². The first-order valence-electron chi connectivity index (χ1n) is 6.65. The van der Waals surface area contributed by atoms with Gasteiger partial charge in [-0.05, 0) is 26.3 Å². The molecule has 1 rings (SSSR count). The SMILES string of the molecule is CC(C)N(CCCC(=O)O)C(=O)NCc1ccnn1C. The fraction of sp³-hybridized carbons (Fsp3) is 0.615. The maximum Gasteiger partial charge on any atom is 0.317 e. The van der Waals surface area contributed by atoms with Crippen LogP contribution in [0.5, 0.6) is 0 Å². The average molecular weight is 282 g/mol. The summed E-state index contributed by atoms with van der Waals surface area (Å²) < 4.78 is 1.70. The third-order valence-corrected chi connectivity index (χ3v) is 3.02. The first-order chi connectivity index (χ1) is 9.41. The zero-order chi connectivity index (χ0) is 15.1. The number of aliphatic carboxylic acids is 1. The van der Waals surface area contributed by atoms with Crippen LogP contribution in [0.4, 0.5) is 4.79 Å². The van der Waals surface area contributed by atoms with E-state index in [-0.39, 0.29) is 18.5 Å². The third kappa shape index (κ3) is 4.91. The van der Waals surface area contributed by atoms with Crippen LogP contribution in [0.25, 0.3) is 0 Å². The van der Waals surface area contributed by atoms with Gasteiger partial charge in [-0.2, -0.15) is 5.10 Å². The van der Waals surface area contributed by atoms with Crippen LogP contribution in [0, 0.1) is 0 Å². The second-order valence-electron chi connectivity index (χ2n) is 4.89. The Bertz CT molecular complexity index is 456. The normalized spacial score (nSPS) is 10.6. The Labute approximate surface area is 118 Å². The molecule has 1 aromatic heterocycles. The molecule has 0 fully saturated rings. The molecule has 2 N–H and O–H groups in total. The smallest absolute Gasteiger partial charge is 0.317 e. The van der Waals surface area contributed by atoms with Gasteiger partial charge in [-0.3, -0.25) is 9.48 Å². The third-order valence-electron chi connectivity index (χ3n) is 3.02. The molecule has 0 atom stereocenters. The summed E-state index contributed by atoms with van der Waals surface area (Å²) in [5.41, 5.74) is 0.910.